The van der Waals surface area contributed by atoms with Crippen LogP contribution < -0.4 is 5.32 Å². The summed E-state index contributed by atoms with van der Waals surface area (Å²) in [4.78, 5) is 13.2. The molecule has 0 heterocycles. The standard InChI is InChI=1S/C13H15F3N2O/c1-17-11-5-3-2-4-10(11)12(19)18(9-6-7-9)8-13(14,15)16/h2-5,9,17H,6-8H2,1H3. The Morgan fingerprint density at radius 1 is 1.37 bits per heavy atom. The minimum Gasteiger partial charge on any atom is -0.387 e. The maximum Gasteiger partial charge on any atom is 0.406 e. The van der Waals surface area contributed by atoms with Gasteiger partial charge >= 0.3 is 6.18 Å². The van der Waals surface area contributed by atoms with Gasteiger partial charge in [0.2, 0.25) is 0 Å². The first-order valence-corrected chi connectivity index (χ1v) is 6.07. The van der Waals surface area contributed by atoms with Gasteiger partial charge in [-0.2, -0.15) is 13.2 Å². The summed E-state index contributed by atoms with van der Waals surface area (Å²) in [7, 11) is 1.64. The maximum atomic E-state index is 12.5. The third-order valence-electron chi connectivity index (χ3n) is 3.02. The van der Waals surface area contributed by atoms with E-state index in [0.29, 0.717) is 18.5 Å². The number of carbonyl (C=O) groups is 1. The average molecular weight is 272 g/mol. The molecule has 2 rings (SSSR count). The van der Waals surface area contributed by atoms with E-state index >= 15 is 0 Å². The zero-order valence-corrected chi connectivity index (χ0v) is 10.5. The Bertz CT molecular complexity index is 469. The van der Waals surface area contributed by atoms with Crippen molar-refractivity contribution in [2.45, 2.75) is 25.1 Å². The predicted octanol–water partition coefficient (Wildman–Crippen LogP) is 2.90. The third-order valence-corrected chi connectivity index (χ3v) is 3.02. The minimum absolute atomic E-state index is 0.279. The Morgan fingerprint density at radius 3 is 2.53 bits per heavy atom. The number of hydrogen-bond donors (Lipinski definition) is 1. The first-order valence-electron chi connectivity index (χ1n) is 6.07. The second kappa shape index (κ2) is 5.11. The molecular weight excluding hydrogens is 257 g/mol. The van der Waals surface area contributed by atoms with Crippen LogP contribution in [0.3, 0.4) is 0 Å². The Morgan fingerprint density at radius 2 is 2.00 bits per heavy atom. The van der Waals surface area contributed by atoms with Crippen molar-refractivity contribution < 1.29 is 18.0 Å². The smallest absolute Gasteiger partial charge is 0.387 e. The van der Waals surface area contributed by atoms with E-state index in [1.807, 2.05) is 0 Å². The molecule has 0 saturated heterocycles. The maximum absolute atomic E-state index is 12.5. The summed E-state index contributed by atoms with van der Waals surface area (Å²) in [5, 5.41) is 2.82. The van der Waals surface area contributed by atoms with Crippen molar-refractivity contribution in [2.24, 2.45) is 0 Å². The molecule has 1 saturated carbocycles. The lowest BCUT2D eigenvalue weighted by Crippen LogP contribution is -2.40. The highest BCUT2D eigenvalue weighted by atomic mass is 19.4. The van der Waals surface area contributed by atoms with Gasteiger partial charge in [0.05, 0.1) is 5.56 Å². The summed E-state index contributed by atoms with van der Waals surface area (Å²) in [6, 6.07) is 6.31. The first-order chi connectivity index (χ1) is 8.92. The second-order valence-corrected chi connectivity index (χ2v) is 4.57. The van der Waals surface area contributed by atoms with Crippen LogP contribution in [0, 0.1) is 0 Å². The fraction of sp³-hybridized carbons (Fsp3) is 0.462. The van der Waals surface area contributed by atoms with Crippen molar-refractivity contribution in [3.63, 3.8) is 0 Å². The number of alkyl halides is 3. The lowest BCUT2D eigenvalue weighted by Gasteiger charge is -2.24. The van der Waals surface area contributed by atoms with Crippen LogP contribution in [-0.4, -0.2) is 36.6 Å². The topological polar surface area (TPSA) is 32.3 Å². The van der Waals surface area contributed by atoms with E-state index in [1.54, 1.807) is 31.3 Å². The quantitative estimate of drug-likeness (QED) is 0.914. The molecular formula is C13H15F3N2O. The Kier molecular flexibility index (Phi) is 3.68. The number of anilines is 1. The van der Waals surface area contributed by atoms with Crippen LogP contribution >= 0.6 is 0 Å². The fourth-order valence-electron chi connectivity index (χ4n) is 1.99. The number of benzene rings is 1. The summed E-state index contributed by atoms with van der Waals surface area (Å²) >= 11 is 0. The molecule has 6 heteroatoms. The van der Waals surface area contributed by atoms with Crippen LogP contribution in [0.1, 0.15) is 23.2 Å². The van der Waals surface area contributed by atoms with Crippen molar-refractivity contribution in [2.75, 3.05) is 18.9 Å². The number of halogens is 3. The number of amides is 1. The Labute approximate surface area is 109 Å². The summed E-state index contributed by atoms with van der Waals surface area (Å²) in [5.41, 5.74) is 0.821. The van der Waals surface area contributed by atoms with E-state index < -0.39 is 18.6 Å². The molecule has 1 aliphatic rings. The molecule has 1 aromatic carbocycles. The van der Waals surface area contributed by atoms with Gasteiger partial charge in [-0.15, -0.1) is 0 Å². The van der Waals surface area contributed by atoms with Gasteiger partial charge in [0.25, 0.3) is 5.91 Å². The molecule has 104 valence electrons. The predicted molar refractivity (Wildman–Crippen MR) is 66.1 cm³/mol. The molecule has 0 aliphatic heterocycles. The van der Waals surface area contributed by atoms with Gasteiger partial charge in [0.15, 0.2) is 0 Å². The molecule has 19 heavy (non-hydrogen) atoms. The summed E-state index contributed by atoms with van der Waals surface area (Å²) in [5.74, 6) is -0.565. The minimum atomic E-state index is -4.37. The SMILES string of the molecule is CNc1ccccc1C(=O)N(CC(F)(F)F)C1CC1. The molecule has 0 bridgehead atoms. The van der Waals surface area contributed by atoms with Gasteiger partial charge in [0, 0.05) is 18.8 Å². The van der Waals surface area contributed by atoms with E-state index in [2.05, 4.69) is 5.32 Å². The van der Waals surface area contributed by atoms with Gasteiger partial charge in [-0.1, -0.05) is 12.1 Å². The first kappa shape index (κ1) is 13.7. The number of para-hydroxylation sites is 1. The molecule has 0 atom stereocenters. The molecule has 0 unspecified atom stereocenters. The summed E-state index contributed by atoms with van der Waals surface area (Å²) < 4.78 is 37.6. The van der Waals surface area contributed by atoms with Crippen molar-refractivity contribution in [3.8, 4) is 0 Å². The highest BCUT2D eigenvalue weighted by Gasteiger charge is 2.41. The van der Waals surface area contributed by atoms with Crippen molar-refractivity contribution in [1.82, 2.24) is 4.90 Å². The average Bonchev–Trinajstić information content (AvgIpc) is 3.18. The molecule has 1 amide bonds. The molecule has 1 N–H and O–H groups in total. The number of nitrogens with zero attached hydrogens (tertiary/aromatic N) is 1. The van der Waals surface area contributed by atoms with Gasteiger partial charge in [-0.3, -0.25) is 4.79 Å². The fourth-order valence-corrected chi connectivity index (χ4v) is 1.99. The summed E-state index contributed by atoms with van der Waals surface area (Å²) in [6.45, 7) is -1.19. The van der Waals surface area contributed by atoms with Crippen LogP contribution in [0.4, 0.5) is 18.9 Å². The van der Waals surface area contributed by atoms with Gasteiger partial charge in [-0.25, -0.2) is 0 Å². The van der Waals surface area contributed by atoms with E-state index in [-0.39, 0.29) is 11.6 Å². The van der Waals surface area contributed by atoms with E-state index in [0.717, 1.165) is 4.90 Å². The third kappa shape index (κ3) is 3.39. The zero-order valence-electron chi connectivity index (χ0n) is 10.5. The largest absolute Gasteiger partial charge is 0.406 e. The molecule has 0 radical (unpaired) electrons. The van der Waals surface area contributed by atoms with Crippen molar-refractivity contribution >= 4 is 11.6 Å². The Balaban J connectivity index is 2.24. The van der Waals surface area contributed by atoms with Crippen LogP contribution in [0.25, 0.3) is 0 Å². The van der Waals surface area contributed by atoms with Crippen molar-refractivity contribution in [1.29, 1.82) is 0 Å². The molecule has 0 spiro atoms. The lowest BCUT2D eigenvalue weighted by atomic mass is 10.1. The van der Waals surface area contributed by atoms with Crippen LogP contribution in [0.5, 0.6) is 0 Å². The summed E-state index contributed by atoms with van der Waals surface area (Å²) in [6.07, 6.45) is -3.08. The molecule has 1 aliphatic carbocycles. The van der Waals surface area contributed by atoms with Gasteiger partial charge in [-0.05, 0) is 25.0 Å². The molecule has 3 nitrogen and oxygen atoms in total. The van der Waals surface area contributed by atoms with E-state index in [9.17, 15) is 18.0 Å². The van der Waals surface area contributed by atoms with Crippen LogP contribution in [0.15, 0.2) is 24.3 Å². The van der Waals surface area contributed by atoms with Crippen molar-refractivity contribution in [3.05, 3.63) is 29.8 Å². The molecule has 1 aromatic rings. The number of hydrogen-bond acceptors (Lipinski definition) is 2. The van der Waals surface area contributed by atoms with E-state index in [1.165, 1.54) is 0 Å². The second-order valence-electron chi connectivity index (χ2n) is 4.57. The molecule has 0 aromatic heterocycles. The lowest BCUT2D eigenvalue weighted by molar-refractivity contribution is -0.141. The highest BCUT2D eigenvalue weighted by Crippen LogP contribution is 2.32. The van der Waals surface area contributed by atoms with Crippen LogP contribution in [0.2, 0.25) is 0 Å². The van der Waals surface area contributed by atoms with E-state index in [4.69, 9.17) is 0 Å². The molecule has 1 fully saturated rings. The van der Waals surface area contributed by atoms with Gasteiger partial charge in [0.1, 0.15) is 6.54 Å². The van der Waals surface area contributed by atoms with Gasteiger partial charge < -0.3 is 10.2 Å². The highest BCUT2D eigenvalue weighted by molar-refractivity contribution is 5.99. The number of nitrogens with one attached hydrogen (secondary N) is 1. The Hall–Kier alpha value is -1.72. The number of carbonyl (C=O) groups excluding carboxylic acids is 1. The normalized spacial score (nSPS) is 15.2. The van der Waals surface area contributed by atoms with Crippen LogP contribution in [-0.2, 0) is 0 Å². The monoisotopic (exact) mass is 272 g/mol. The zero-order chi connectivity index (χ0) is 14.0. The number of rotatable bonds is 4.